The molecule has 11 heteroatoms. The first-order chi connectivity index (χ1) is 18.0. The van der Waals surface area contributed by atoms with Gasteiger partial charge in [0.2, 0.25) is 0 Å². The van der Waals surface area contributed by atoms with Crippen LogP contribution in [-0.4, -0.2) is 39.1 Å². The van der Waals surface area contributed by atoms with E-state index in [2.05, 4.69) is 4.74 Å². The van der Waals surface area contributed by atoms with Gasteiger partial charge in [0, 0.05) is 16.9 Å². The summed E-state index contributed by atoms with van der Waals surface area (Å²) in [5.41, 5.74) is 0.169. The van der Waals surface area contributed by atoms with Gasteiger partial charge in [-0.1, -0.05) is 65.1 Å². The van der Waals surface area contributed by atoms with E-state index < -0.39 is 48.6 Å². The van der Waals surface area contributed by atoms with E-state index in [1.54, 1.807) is 12.1 Å². The predicted molar refractivity (Wildman–Crippen MR) is 136 cm³/mol. The van der Waals surface area contributed by atoms with Crippen LogP contribution in [0.1, 0.15) is 55.1 Å². The summed E-state index contributed by atoms with van der Waals surface area (Å²) < 4.78 is 92.7. The minimum atomic E-state index is -4.70. The summed E-state index contributed by atoms with van der Waals surface area (Å²) >= 11 is 0. The van der Waals surface area contributed by atoms with Crippen LogP contribution >= 0.6 is 21.6 Å². The van der Waals surface area contributed by atoms with Crippen LogP contribution in [0.3, 0.4) is 0 Å². The fourth-order valence-corrected chi connectivity index (χ4v) is 6.97. The lowest BCUT2D eigenvalue weighted by Crippen LogP contribution is -2.36. The molecule has 1 aliphatic rings. The monoisotopic (exact) mass is 580 g/mol. The van der Waals surface area contributed by atoms with Gasteiger partial charge in [-0.2, -0.15) is 26.3 Å². The molecule has 38 heavy (non-hydrogen) atoms. The Balaban J connectivity index is 1.70. The molecule has 2 aromatic rings. The number of ether oxygens (including phenoxy) is 2. The zero-order valence-corrected chi connectivity index (χ0v) is 22.6. The molecule has 1 saturated carbocycles. The van der Waals surface area contributed by atoms with Crippen molar-refractivity contribution in [2.45, 2.75) is 66.1 Å². The van der Waals surface area contributed by atoms with Crippen LogP contribution in [0, 0.1) is 11.8 Å². The molecule has 0 spiro atoms. The molecular formula is C27H30F6O3S2. The highest BCUT2D eigenvalue weighted by molar-refractivity contribution is 8.76. The second-order valence-electron chi connectivity index (χ2n) is 9.33. The summed E-state index contributed by atoms with van der Waals surface area (Å²) in [6, 6.07) is 12.0. The van der Waals surface area contributed by atoms with E-state index in [0.29, 0.717) is 17.7 Å². The lowest BCUT2D eigenvalue weighted by molar-refractivity contribution is -0.181. The highest BCUT2D eigenvalue weighted by Crippen LogP contribution is 2.47. The van der Waals surface area contributed by atoms with Crippen LogP contribution in [0.25, 0.3) is 0 Å². The highest BCUT2D eigenvalue weighted by atomic mass is 33.1. The second-order valence-corrected chi connectivity index (χ2v) is 11.6. The Bertz CT molecular complexity index is 1020. The van der Waals surface area contributed by atoms with E-state index >= 15 is 0 Å². The van der Waals surface area contributed by atoms with Gasteiger partial charge in [0.05, 0.1) is 31.5 Å². The summed E-state index contributed by atoms with van der Waals surface area (Å²) in [5.74, 6) is -6.54. The van der Waals surface area contributed by atoms with Crippen LogP contribution in [0.2, 0.25) is 0 Å². The standard InChI is InChI=1S/C27H30F6O3S2/c1-35-16-22(25(34)36-2)24(27(31,32)33)19-10-14-21(15-11-19)38-37-20-12-8-18(9-13-20)23(26(28,29)30)17-6-4-3-5-7-17/h8-15,17,22-24H,3-7,16H2,1-2H3. The topological polar surface area (TPSA) is 35.5 Å². The zero-order chi connectivity index (χ0) is 27.9. The predicted octanol–water partition coefficient (Wildman–Crippen LogP) is 8.79. The Morgan fingerprint density at radius 3 is 1.74 bits per heavy atom. The first kappa shape index (κ1) is 30.7. The van der Waals surface area contributed by atoms with Crippen molar-refractivity contribution in [3.8, 4) is 0 Å². The summed E-state index contributed by atoms with van der Waals surface area (Å²) in [6.07, 6.45) is -5.24. The van der Waals surface area contributed by atoms with Crippen LogP contribution in [0.15, 0.2) is 58.3 Å². The highest BCUT2D eigenvalue weighted by Gasteiger charge is 2.49. The summed E-state index contributed by atoms with van der Waals surface area (Å²) in [6.45, 7) is -0.449. The van der Waals surface area contributed by atoms with E-state index in [1.165, 1.54) is 65.1 Å². The minimum Gasteiger partial charge on any atom is -0.469 e. The maximum Gasteiger partial charge on any atom is 0.396 e. The number of alkyl halides is 6. The second kappa shape index (κ2) is 13.5. The molecule has 1 fully saturated rings. The van der Waals surface area contributed by atoms with Crippen molar-refractivity contribution in [3.63, 3.8) is 0 Å². The van der Waals surface area contributed by atoms with Gasteiger partial charge in [-0.25, -0.2) is 0 Å². The van der Waals surface area contributed by atoms with Crippen molar-refractivity contribution in [2.24, 2.45) is 11.8 Å². The van der Waals surface area contributed by atoms with Gasteiger partial charge in [-0.15, -0.1) is 0 Å². The van der Waals surface area contributed by atoms with Gasteiger partial charge in [-0.05, 0) is 54.2 Å². The van der Waals surface area contributed by atoms with Crippen molar-refractivity contribution < 1.29 is 40.6 Å². The first-order valence-electron chi connectivity index (χ1n) is 12.2. The van der Waals surface area contributed by atoms with Crippen molar-refractivity contribution in [3.05, 3.63) is 59.7 Å². The molecule has 0 radical (unpaired) electrons. The smallest absolute Gasteiger partial charge is 0.396 e. The lowest BCUT2D eigenvalue weighted by Gasteiger charge is -2.32. The van der Waals surface area contributed by atoms with Gasteiger partial charge in [0.15, 0.2) is 0 Å². The molecular weight excluding hydrogens is 550 g/mol. The number of halogens is 6. The number of carbonyl (C=O) groups excluding carboxylic acids is 1. The molecule has 3 nitrogen and oxygen atoms in total. The molecule has 0 bridgehead atoms. The van der Waals surface area contributed by atoms with E-state index in [9.17, 15) is 31.1 Å². The molecule has 2 aromatic carbocycles. The molecule has 0 aromatic heterocycles. The average Bonchev–Trinajstić information content (AvgIpc) is 2.87. The molecule has 0 aliphatic heterocycles. The first-order valence-corrected chi connectivity index (χ1v) is 14.3. The average molecular weight is 581 g/mol. The van der Waals surface area contributed by atoms with Crippen LogP contribution < -0.4 is 0 Å². The Kier molecular flexibility index (Phi) is 10.9. The van der Waals surface area contributed by atoms with Gasteiger partial charge in [-0.3, -0.25) is 4.79 Å². The Labute approximate surface area is 226 Å². The van der Waals surface area contributed by atoms with Crippen molar-refractivity contribution in [2.75, 3.05) is 20.8 Å². The van der Waals surface area contributed by atoms with E-state index in [-0.39, 0.29) is 11.1 Å². The third kappa shape index (κ3) is 8.08. The number of carbonyl (C=O) groups is 1. The van der Waals surface area contributed by atoms with Crippen LogP contribution in [0.4, 0.5) is 26.3 Å². The lowest BCUT2D eigenvalue weighted by atomic mass is 9.76. The third-order valence-electron chi connectivity index (χ3n) is 6.79. The largest absolute Gasteiger partial charge is 0.469 e. The Morgan fingerprint density at radius 2 is 1.32 bits per heavy atom. The fraction of sp³-hybridized carbons (Fsp3) is 0.519. The summed E-state index contributed by atoms with van der Waals surface area (Å²) in [7, 11) is 4.82. The van der Waals surface area contributed by atoms with E-state index in [4.69, 9.17) is 4.74 Å². The zero-order valence-electron chi connectivity index (χ0n) is 21.0. The number of esters is 1. The van der Waals surface area contributed by atoms with Crippen molar-refractivity contribution in [1.29, 1.82) is 0 Å². The van der Waals surface area contributed by atoms with Gasteiger partial charge in [0.1, 0.15) is 0 Å². The van der Waals surface area contributed by atoms with Crippen LogP contribution in [0.5, 0.6) is 0 Å². The van der Waals surface area contributed by atoms with Gasteiger partial charge in [0.25, 0.3) is 0 Å². The fourth-order valence-electron chi connectivity index (χ4n) is 5.03. The Hall–Kier alpha value is -1.85. The maximum atomic E-state index is 13.9. The summed E-state index contributed by atoms with van der Waals surface area (Å²) in [5, 5.41) is 0. The molecule has 210 valence electrons. The van der Waals surface area contributed by atoms with Crippen molar-refractivity contribution >= 4 is 27.6 Å². The number of benzene rings is 2. The molecule has 3 atom stereocenters. The molecule has 3 rings (SSSR count). The third-order valence-corrected chi connectivity index (χ3v) is 9.21. The van der Waals surface area contributed by atoms with Gasteiger partial charge >= 0.3 is 18.3 Å². The SMILES string of the molecule is COCC(C(=O)OC)C(c1ccc(SSc2ccc(C(C3CCCCC3)C(F)(F)F)cc2)cc1)C(F)(F)F. The number of hydrogen-bond donors (Lipinski definition) is 0. The quantitative estimate of drug-likeness (QED) is 0.159. The molecule has 0 amide bonds. The van der Waals surface area contributed by atoms with Crippen molar-refractivity contribution in [1.82, 2.24) is 0 Å². The molecule has 0 saturated heterocycles. The van der Waals surface area contributed by atoms with Gasteiger partial charge < -0.3 is 9.47 Å². The summed E-state index contributed by atoms with van der Waals surface area (Å²) in [4.78, 5) is 13.4. The maximum absolute atomic E-state index is 13.9. The Morgan fingerprint density at radius 1 is 0.816 bits per heavy atom. The molecule has 0 heterocycles. The minimum absolute atomic E-state index is 0.0930. The molecule has 0 N–H and O–H groups in total. The number of methoxy groups -OCH3 is 2. The number of hydrogen-bond acceptors (Lipinski definition) is 5. The normalized spacial score (nSPS) is 17.6. The van der Waals surface area contributed by atoms with E-state index in [1.807, 2.05) is 0 Å². The molecule has 1 aliphatic carbocycles. The van der Waals surface area contributed by atoms with Crippen LogP contribution in [-0.2, 0) is 14.3 Å². The molecule has 3 unspecified atom stereocenters. The van der Waals surface area contributed by atoms with E-state index in [0.717, 1.165) is 31.3 Å². The number of rotatable bonds is 10.